The first-order valence-corrected chi connectivity index (χ1v) is 43.3. The number of alkyl halides is 3. The maximum absolute atomic E-state index is 12.5. The van der Waals surface area contributed by atoms with Gasteiger partial charge in [-0.25, -0.2) is 9.36 Å². The van der Waals surface area contributed by atoms with Crippen LogP contribution in [0.4, 0.5) is 24.7 Å². The van der Waals surface area contributed by atoms with E-state index in [1.54, 1.807) is 90.3 Å². The van der Waals surface area contributed by atoms with Crippen LogP contribution in [0, 0.1) is 61.8 Å². The molecule has 11 aromatic heterocycles. The highest BCUT2D eigenvalue weighted by molar-refractivity contribution is 5.93. The normalized spacial score (nSPS) is 11.9. The van der Waals surface area contributed by atoms with Crippen LogP contribution < -0.4 is 14.8 Å². The van der Waals surface area contributed by atoms with Gasteiger partial charge in [0.1, 0.15) is 41.1 Å². The van der Waals surface area contributed by atoms with E-state index < -0.39 is 27.3 Å². The number of amides is 1. The minimum absolute atomic E-state index is 0.00991. The summed E-state index contributed by atoms with van der Waals surface area (Å²) in [6.07, 6.45) is 19.4. The Morgan fingerprint density at radius 2 is 0.820 bits per heavy atom. The average Bonchev–Trinajstić information content (AvgIpc) is 1.65. The van der Waals surface area contributed by atoms with Crippen molar-refractivity contribution in [1.29, 1.82) is 0 Å². The van der Waals surface area contributed by atoms with Crippen LogP contribution in [0.25, 0.3) is 22.1 Å². The van der Waals surface area contributed by atoms with Gasteiger partial charge in [0.2, 0.25) is 6.33 Å². The number of carbonyl (C=O) groups excluding carboxylic acids is 3. The van der Waals surface area contributed by atoms with Gasteiger partial charge in [-0.1, -0.05) is 16.5 Å². The number of aryl methyl sites for hydroxylation is 6. The molecule has 732 valence electrons. The number of ether oxygens (including phenoxy) is 2. The maximum Gasteiger partial charge on any atom is 0.433 e. The lowest BCUT2D eigenvalue weighted by Crippen LogP contribution is -2.28. The van der Waals surface area contributed by atoms with Gasteiger partial charge in [0, 0.05) is 55.3 Å². The summed E-state index contributed by atoms with van der Waals surface area (Å²) in [7, 11) is 1.61. The van der Waals surface area contributed by atoms with Crippen molar-refractivity contribution in [3.8, 4) is 11.5 Å². The van der Waals surface area contributed by atoms with E-state index in [0.717, 1.165) is 33.0 Å². The number of rotatable bonds is 7. The molecule has 2 aromatic carbocycles. The largest absolute Gasteiger partial charge is 0.433 e. The van der Waals surface area contributed by atoms with Crippen LogP contribution in [-0.2, 0) is 76.7 Å². The molecule has 13 aromatic rings. The summed E-state index contributed by atoms with van der Waals surface area (Å²) in [5, 5.41) is 72.4. The summed E-state index contributed by atoms with van der Waals surface area (Å²) in [5.74, 6) is 0.740. The molecule has 1 amide bonds. The lowest BCUT2D eigenvalue weighted by Gasteiger charge is -2.23. The molecular formula is C94H146F3N27O9. The highest BCUT2D eigenvalue weighted by Gasteiger charge is 2.38. The average molecular weight is 1860 g/mol. The van der Waals surface area contributed by atoms with Crippen molar-refractivity contribution >= 4 is 52.4 Å². The molecule has 0 radical (unpaired) electrons. The van der Waals surface area contributed by atoms with E-state index in [1.807, 2.05) is 144 Å². The van der Waals surface area contributed by atoms with Gasteiger partial charge in [-0.3, -0.25) is 62.0 Å². The molecule has 0 bridgehead atoms. The lowest BCUT2D eigenvalue weighted by atomic mass is 10.1. The van der Waals surface area contributed by atoms with Crippen molar-refractivity contribution in [2.45, 2.75) is 337 Å². The quantitative estimate of drug-likeness (QED) is 0.0879. The summed E-state index contributed by atoms with van der Waals surface area (Å²) in [5.41, 5.74) is 9.19. The van der Waals surface area contributed by atoms with E-state index in [4.69, 9.17) is 4.74 Å². The maximum atomic E-state index is 12.5. The number of nitrogens with zero attached hydrogens (tertiary/aromatic N) is 26. The van der Waals surface area contributed by atoms with Gasteiger partial charge in [-0.15, -0.1) is 10.2 Å². The van der Waals surface area contributed by atoms with E-state index in [0.29, 0.717) is 41.2 Å². The van der Waals surface area contributed by atoms with Crippen LogP contribution in [0.15, 0.2) is 141 Å². The van der Waals surface area contributed by atoms with Crippen molar-refractivity contribution in [2.75, 3.05) is 7.05 Å². The molecule has 0 spiro atoms. The van der Waals surface area contributed by atoms with E-state index in [9.17, 15) is 47.8 Å². The SMILES string of the molecule is CC(C)(C)n1cc(OC=O)cn1.CC(C)(C)n1cc([N+](=O)[O-])cn1.CC(C)(C)n1cccn1.CC(C)(C)n1cnc([N+](=O)[O-])c1.CC(C)(C)n1nnc2cc(OC=O)ccc21.CNC(=O)c1cnn(C(C)(C)C)c1.Cc1cc(C(F)(F)F)n(C(C)(C)C)n1.Cc1cc(C)n(C(C)(C)C)n1.Cc1ccc2c(c1)nnn2C(C)(C)C.Cc1cnn(C(C)(C)C)c1.Cc1cnn(C(C)(C)C)c1. The second-order valence-electron chi connectivity index (χ2n) is 42.4. The summed E-state index contributed by atoms with van der Waals surface area (Å²) in [6, 6.07) is 16.6. The molecule has 0 aliphatic heterocycles. The van der Waals surface area contributed by atoms with Crippen LogP contribution in [0.5, 0.6) is 11.5 Å². The topological polar surface area (TPSA) is 390 Å². The Kier molecular flexibility index (Phi) is 39.5. The third-order valence-electron chi connectivity index (χ3n) is 18.1. The number of fused-ring (bicyclic) bond motifs is 2. The molecule has 13 rings (SSSR count). The minimum atomic E-state index is -4.34. The molecule has 39 heteroatoms. The summed E-state index contributed by atoms with van der Waals surface area (Å²) in [4.78, 5) is 54.6. The van der Waals surface area contributed by atoms with Crippen molar-refractivity contribution in [1.82, 2.24) is 123 Å². The van der Waals surface area contributed by atoms with Gasteiger partial charge in [-0.2, -0.15) is 54.0 Å². The molecule has 0 fully saturated rings. The molecule has 0 aliphatic rings. The zero-order valence-electron chi connectivity index (χ0n) is 85.9. The first-order chi connectivity index (χ1) is 60.4. The number of carbonyl (C=O) groups is 3. The zero-order valence-corrected chi connectivity index (χ0v) is 85.9. The van der Waals surface area contributed by atoms with Gasteiger partial charge < -0.3 is 29.5 Å². The molecule has 11 heterocycles. The number of imidazole rings is 1. The zero-order chi connectivity index (χ0) is 102. The Labute approximate surface area is 781 Å². The fourth-order valence-corrected chi connectivity index (χ4v) is 11.1. The molecule has 1 N–H and O–H groups in total. The van der Waals surface area contributed by atoms with E-state index >= 15 is 0 Å². The third kappa shape index (κ3) is 37.7. The molecule has 0 saturated heterocycles. The lowest BCUT2D eigenvalue weighted by molar-refractivity contribution is -0.389. The summed E-state index contributed by atoms with van der Waals surface area (Å²) < 4.78 is 66.5. The van der Waals surface area contributed by atoms with Crippen molar-refractivity contribution < 1.29 is 46.9 Å². The van der Waals surface area contributed by atoms with Crippen LogP contribution in [0.2, 0.25) is 0 Å². The number of halogens is 3. The van der Waals surface area contributed by atoms with Crippen LogP contribution in [0.3, 0.4) is 0 Å². The molecule has 0 atom stereocenters. The van der Waals surface area contributed by atoms with Gasteiger partial charge in [-0.05, 0) is 339 Å². The molecule has 0 saturated carbocycles. The van der Waals surface area contributed by atoms with Crippen molar-refractivity contribution in [3.05, 3.63) is 207 Å². The van der Waals surface area contributed by atoms with Gasteiger partial charge in [0.15, 0.2) is 5.75 Å². The van der Waals surface area contributed by atoms with E-state index in [-0.39, 0.29) is 72.8 Å². The number of hydrogen-bond acceptors (Lipinski definition) is 22. The van der Waals surface area contributed by atoms with Crippen LogP contribution in [0.1, 0.15) is 278 Å². The number of benzene rings is 2. The second-order valence-corrected chi connectivity index (χ2v) is 42.4. The third-order valence-corrected chi connectivity index (χ3v) is 18.1. The summed E-state index contributed by atoms with van der Waals surface area (Å²) in [6.45, 7) is 79.7. The number of aromatic nitrogens is 24. The van der Waals surface area contributed by atoms with E-state index in [2.05, 4.69) is 270 Å². The molecular weight excluding hydrogens is 1710 g/mol. The monoisotopic (exact) mass is 1850 g/mol. The second kappa shape index (κ2) is 46.0. The van der Waals surface area contributed by atoms with E-state index in [1.165, 1.54) is 53.5 Å². The smallest absolute Gasteiger partial charge is 0.429 e. The Balaban J connectivity index is 0.000000378. The minimum Gasteiger partial charge on any atom is -0.429 e. The Morgan fingerprint density at radius 1 is 0.414 bits per heavy atom. The van der Waals surface area contributed by atoms with Gasteiger partial charge in [0.05, 0.1) is 119 Å². The molecule has 0 aliphatic carbocycles. The number of hydrogen-bond donors (Lipinski definition) is 1. The first kappa shape index (κ1) is 114. The first-order valence-electron chi connectivity index (χ1n) is 43.3. The molecule has 36 nitrogen and oxygen atoms in total. The fraction of sp³-hybridized carbons (Fsp3) is 0.553. The molecule has 0 unspecified atom stereocenters. The number of nitrogens with one attached hydrogen (secondary N) is 1. The van der Waals surface area contributed by atoms with Crippen molar-refractivity contribution in [3.63, 3.8) is 0 Å². The predicted molar refractivity (Wildman–Crippen MR) is 514 cm³/mol. The highest BCUT2D eigenvalue weighted by Crippen LogP contribution is 2.34. The fourth-order valence-electron chi connectivity index (χ4n) is 11.1. The highest BCUT2D eigenvalue weighted by atomic mass is 19.4. The Bertz CT molecular complexity index is 5640. The predicted octanol–water partition coefficient (Wildman–Crippen LogP) is 20.2. The van der Waals surface area contributed by atoms with Crippen LogP contribution in [-0.4, -0.2) is 154 Å². The Hall–Kier alpha value is -12.9. The molecule has 133 heavy (non-hydrogen) atoms. The summed E-state index contributed by atoms with van der Waals surface area (Å²) >= 11 is 0. The Morgan fingerprint density at radius 3 is 1.13 bits per heavy atom. The van der Waals surface area contributed by atoms with Crippen LogP contribution >= 0.6 is 0 Å². The van der Waals surface area contributed by atoms with Gasteiger partial charge >= 0.3 is 17.7 Å². The number of nitro groups is 2. The van der Waals surface area contributed by atoms with Crippen molar-refractivity contribution in [2.24, 2.45) is 0 Å². The standard InChI is InChI=1S/C11H13N3O2.C11H15N3.C9H13F3N2.C9H15N3O.C9H16N2.C8H12N2O2.2C8H14N2.2C7H11N3O2.C7H12N2/c1-11(2,3)14-10-5-4-8(16-7-15)6-9(10)12-13-14;1-8-5-6-10-9(7-8)12-13-14(10)11(2,3)4;1-6-5-7(9(10,11)12)14(13-6)8(2,3)4;1-9(2,3)12-6-7(5-11-12)8(13)10-4;1-7-6-8(2)11(10-7)9(3,4)5;1-8(2,3)10-5-7(4-9-10)12-6-11;2*1-7-5-9-10(6-7)8(2,3)4;1-7(2,3)9-4-6(8-5-9)10(11)12;1-7(2,3)9-5-6(4-8-9)10(11)12;1-7(2,3)9-6-4-5-8-9/h4-7H,1-3H3;5-7H,1-4H3;5H,1-4H3;5-6H,1-4H3,(H,10,13);6H,1-5H3;4-6H,1-3H3;2*5-6H,1-4H3;2*4-5H,1-3H3;4-6H,1-3H3. The van der Waals surface area contributed by atoms with Gasteiger partial charge in [0.25, 0.3) is 18.9 Å².